The molecular weight excluding hydrogens is 352 g/mol. The lowest BCUT2D eigenvalue weighted by molar-refractivity contribution is 0.171. The van der Waals surface area contributed by atoms with Gasteiger partial charge in [-0.15, -0.1) is 0 Å². The van der Waals surface area contributed by atoms with Gasteiger partial charge < -0.3 is 25.4 Å². The standard InChI is InChI=1S/C22H30N4O2/c1-15-13-22(2,23)14-20(24-15)25-17-11-18(16-5-4-7-26(3)8-6-16)21-19(12-17)27-9-10-28-21/h6,11-13H,4-5,7-10,14,23H2,1-3H3,(H,24,25). The number of ether oxygens (including phenoxy) is 2. The van der Waals surface area contributed by atoms with Crippen LogP contribution in [0.3, 0.4) is 0 Å². The molecule has 6 heteroatoms. The highest BCUT2D eigenvalue weighted by atomic mass is 16.6. The van der Waals surface area contributed by atoms with Crippen LogP contribution in [-0.4, -0.2) is 49.6 Å². The van der Waals surface area contributed by atoms with E-state index < -0.39 is 0 Å². The number of aliphatic imine (C=N–C) groups is 1. The van der Waals surface area contributed by atoms with E-state index in [2.05, 4.69) is 34.4 Å². The Balaban J connectivity index is 1.68. The van der Waals surface area contributed by atoms with Crippen LogP contribution in [0.2, 0.25) is 0 Å². The molecule has 0 fully saturated rings. The van der Waals surface area contributed by atoms with E-state index in [0.717, 1.165) is 60.2 Å². The molecule has 4 rings (SSSR count). The zero-order valence-electron chi connectivity index (χ0n) is 17.0. The van der Waals surface area contributed by atoms with Gasteiger partial charge in [0.15, 0.2) is 11.5 Å². The molecule has 1 aromatic carbocycles. The summed E-state index contributed by atoms with van der Waals surface area (Å²) in [7, 11) is 2.16. The Morgan fingerprint density at radius 2 is 2.07 bits per heavy atom. The highest BCUT2D eigenvalue weighted by Crippen LogP contribution is 2.42. The lowest BCUT2D eigenvalue weighted by Crippen LogP contribution is -2.40. The lowest BCUT2D eigenvalue weighted by atomic mass is 9.94. The second-order valence-electron chi connectivity index (χ2n) is 8.29. The van der Waals surface area contributed by atoms with E-state index in [1.54, 1.807) is 0 Å². The number of nitrogens with two attached hydrogens (primary N) is 1. The van der Waals surface area contributed by atoms with Crippen molar-refractivity contribution in [2.75, 3.05) is 38.7 Å². The molecule has 1 atom stereocenters. The van der Waals surface area contributed by atoms with Crippen LogP contribution >= 0.6 is 0 Å². The Morgan fingerprint density at radius 1 is 1.25 bits per heavy atom. The number of hydrogen-bond acceptors (Lipinski definition) is 6. The van der Waals surface area contributed by atoms with Crippen molar-refractivity contribution >= 4 is 17.1 Å². The van der Waals surface area contributed by atoms with E-state index in [1.165, 1.54) is 5.57 Å². The van der Waals surface area contributed by atoms with Crippen LogP contribution in [-0.2, 0) is 0 Å². The van der Waals surface area contributed by atoms with Gasteiger partial charge >= 0.3 is 0 Å². The molecule has 0 radical (unpaired) electrons. The van der Waals surface area contributed by atoms with Crippen LogP contribution in [0.1, 0.15) is 38.7 Å². The molecule has 3 aliphatic heterocycles. The van der Waals surface area contributed by atoms with E-state index in [9.17, 15) is 0 Å². The smallest absolute Gasteiger partial charge is 0.168 e. The Kier molecular flexibility index (Phi) is 5.17. The predicted octanol–water partition coefficient (Wildman–Crippen LogP) is 3.40. The fourth-order valence-corrected chi connectivity index (χ4v) is 4.12. The Bertz CT molecular complexity index is 854. The zero-order chi connectivity index (χ0) is 19.7. The fraction of sp³-hybridized carbons (Fsp3) is 0.500. The number of hydrogen-bond donors (Lipinski definition) is 2. The van der Waals surface area contributed by atoms with Crippen LogP contribution in [0.15, 0.2) is 35.0 Å². The number of amidine groups is 1. The van der Waals surface area contributed by atoms with E-state index in [0.29, 0.717) is 19.6 Å². The average Bonchev–Trinajstić information content (AvgIpc) is 2.84. The van der Waals surface area contributed by atoms with Crippen LogP contribution in [0.25, 0.3) is 5.57 Å². The van der Waals surface area contributed by atoms with Gasteiger partial charge in [0.2, 0.25) is 0 Å². The summed E-state index contributed by atoms with van der Waals surface area (Å²) < 4.78 is 11.9. The highest BCUT2D eigenvalue weighted by molar-refractivity contribution is 5.98. The summed E-state index contributed by atoms with van der Waals surface area (Å²) in [6.07, 6.45) is 7.17. The second-order valence-corrected chi connectivity index (χ2v) is 8.29. The van der Waals surface area contributed by atoms with Crippen LogP contribution in [0.4, 0.5) is 5.69 Å². The summed E-state index contributed by atoms with van der Waals surface area (Å²) in [6.45, 7) is 7.21. The molecule has 3 N–H and O–H groups in total. The maximum absolute atomic E-state index is 6.34. The molecule has 0 saturated heterocycles. The third-order valence-electron chi connectivity index (χ3n) is 5.31. The lowest BCUT2D eigenvalue weighted by Gasteiger charge is -2.27. The number of benzene rings is 1. The molecular formula is C22H30N4O2. The quantitative estimate of drug-likeness (QED) is 0.820. The Morgan fingerprint density at radius 3 is 2.89 bits per heavy atom. The molecule has 0 aromatic heterocycles. The topological polar surface area (TPSA) is 72.1 Å². The zero-order valence-corrected chi connectivity index (χ0v) is 17.0. The maximum atomic E-state index is 6.34. The molecule has 0 saturated carbocycles. The SMILES string of the molecule is CC1=CC(C)(N)CC(Nc2cc3c(c(C4=CCN(C)CCC4)c2)OCCO3)=N1. The number of nitrogens with one attached hydrogen (secondary N) is 1. The van der Waals surface area contributed by atoms with Gasteiger partial charge in [-0.2, -0.15) is 0 Å². The Hall–Kier alpha value is -2.31. The summed E-state index contributed by atoms with van der Waals surface area (Å²) >= 11 is 0. The molecule has 28 heavy (non-hydrogen) atoms. The fourth-order valence-electron chi connectivity index (χ4n) is 4.12. The van der Waals surface area contributed by atoms with E-state index in [1.807, 2.05) is 26.0 Å². The van der Waals surface area contributed by atoms with Gasteiger partial charge in [0, 0.05) is 41.5 Å². The monoisotopic (exact) mass is 382 g/mol. The summed E-state index contributed by atoms with van der Waals surface area (Å²) in [6, 6.07) is 4.17. The van der Waals surface area contributed by atoms with Crippen LogP contribution < -0.4 is 20.5 Å². The number of likely N-dealkylation sites (N-methyl/N-ethyl adjacent to an activating group) is 1. The van der Waals surface area contributed by atoms with Crippen molar-refractivity contribution < 1.29 is 9.47 Å². The van der Waals surface area contributed by atoms with Crippen molar-refractivity contribution in [3.63, 3.8) is 0 Å². The molecule has 0 bridgehead atoms. The molecule has 0 amide bonds. The van der Waals surface area contributed by atoms with Gasteiger partial charge in [0.05, 0.1) is 0 Å². The van der Waals surface area contributed by atoms with Crippen LogP contribution in [0.5, 0.6) is 11.5 Å². The molecule has 3 heterocycles. The number of allylic oxidation sites excluding steroid dienone is 2. The van der Waals surface area contributed by atoms with Crippen molar-refractivity contribution in [3.05, 3.63) is 35.5 Å². The van der Waals surface area contributed by atoms with E-state index >= 15 is 0 Å². The van der Waals surface area contributed by atoms with Crippen molar-refractivity contribution in [1.82, 2.24) is 4.90 Å². The van der Waals surface area contributed by atoms with Crippen molar-refractivity contribution in [2.45, 2.75) is 38.6 Å². The second kappa shape index (κ2) is 7.60. The van der Waals surface area contributed by atoms with E-state index in [4.69, 9.17) is 15.2 Å². The minimum Gasteiger partial charge on any atom is -0.486 e. The average molecular weight is 383 g/mol. The summed E-state index contributed by atoms with van der Waals surface area (Å²) in [5.74, 6) is 2.53. The number of anilines is 1. The molecule has 0 aliphatic carbocycles. The Labute approximate surface area is 167 Å². The molecule has 3 aliphatic rings. The molecule has 1 unspecified atom stereocenters. The third-order valence-corrected chi connectivity index (χ3v) is 5.31. The number of rotatable bonds is 2. The van der Waals surface area contributed by atoms with Gasteiger partial charge in [-0.1, -0.05) is 6.08 Å². The largest absolute Gasteiger partial charge is 0.486 e. The highest BCUT2D eigenvalue weighted by Gasteiger charge is 2.25. The van der Waals surface area contributed by atoms with Gasteiger partial charge in [0.1, 0.15) is 19.0 Å². The minimum absolute atomic E-state index is 0.390. The minimum atomic E-state index is -0.390. The first-order chi connectivity index (χ1) is 13.4. The molecule has 0 spiro atoms. The van der Waals surface area contributed by atoms with Gasteiger partial charge in [0.25, 0.3) is 0 Å². The first-order valence-electron chi connectivity index (χ1n) is 10.0. The third kappa shape index (κ3) is 4.23. The van der Waals surface area contributed by atoms with Crippen molar-refractivity contribution in [1.29, 1.82) is 0 Å². The predicted molar refractivity (Wildman–Crippen MR) is 114 cm³/mol. The van der Waals surface area contributed by atoms with Crippen molar-refractivity contribution in [2.24, 2.45) is 10.7 Å². The number of fused-ring (bicyclic) bond motifs is 1. The molecule has 1 aromatic rings. The summed E-state index contributed by atoms with van der Waals surface area (Å²) in [5, 5.41) is 3.48. The van der Waals surface area contributed by atoms with Gasteiger partial charge in [-0.3, -0.25) is 0 Å². The molecule has 150 valence electrons. The van der Waals surface area contributed by atoms with Gasteiger partial charge in [-0.05, 0) is 58.0 Å². The first kappa shape index (κ1) is 19.0. The summed E-state index contributed by atoms with van der Waals surface area (Å²) in [4.78, 5) is 6.99. The molecule has 6 nitrogen and oxygen atoms in total. The van der Waals surface area contributed by atoms with Crippen LogP contribution in [0, 0.1) is 0 Å². The number of nitrogens with zero attached hydrogens (tertiary/aromatic N) is 2. The van der Waals surface area contributed by atoms with E-state index in [-0.39, 0.29) is 5.54 Å². The van der Waals surface area contributed by atoms with Crippen molar-refractivity contribution in [3.8, 4) is 11.5 Å². The normalized spacial score (nSPS) is 25.4. The maximum Gasteiger partial charge on any atom is 0.168 e. The summed E-state index contributed by atoms with van der Waals surface area (Å²) in [5.41, 5.74) is 10.3. The van der Waals surface area contributed by atoms with Gasteiger partial charge in [-0.25, -0.2) is 4.99 Å². The first-order valence-corrected chi connectivity index (χ1v) is 10.0.